The Balaban J connectivity index is 1.47. The Labute approximate surface area is 118 Å². The predicted molar refractivity (Wildman–Crippen MR) is 73.7 cm³/mol. The fraction of sp³-hybridized carbons (Fsp3) is 0.714. The fourth-order valence-corrected chi connectivity index (χ4v) is 3.17. The molecule has 2 heterocycles. The Hall–Kier alpha value is -1.40. The third-order valence-electron chi connectivity index (χ3n) is 4.38. The SMILES string of the molecule is NC1CCC(C(=O)N2CCN(Cc3ccon3)CC2)C1. The van der Waals surface area contributed by atoms with E-state index >= 15 is 0 Å². The quantitative estimate of drug-likeness (QED) is 0.868. The molecule has 0 aromatic carbocycles. The van der Waals surface area contributed by atoms with E-state index in [9.17, 15) is 4.79 Å². The van der Waals surface area contributed by atoms with Gasteiger partial charge in [0.2, 0.25) is 5.91 Å². The molecule has 2 fully saturated rings. The molecule has 1 saturated heterocycles. The molecule has 1 amide bonds. The molecule has 6 heteroatoms. The van der Waals surface area contributed by atoms with Crippen molar-refractivity contribution in [2.75, 3.05) is 26.2 Å². The first kappa shape index (κ1) is 13.6. The summed E-state index contributed by atoms with van der Waals surface area (Å²) in [6, 6.07) is 2.11. The molecule has 1 saturated carbocycles. The minimum atomic E-state index is 0.159. The van der Waals surface area contributed by atoms with Gasteiger partial charge < -0.3 is 15.2 Å². The average molecular weight is 278 g/mol. The third-order valence-corrected chi connectivity index (χ3v) is 4.38. The smallest absolute Gasteiger partial charge is 0.225 e. The summed E-state index contributed by atoms with van der Waals surface area (Å²) in [6.45, 7) is 4.21. The van der Waals surface area contributed by atoms with Crippen LogP contribution >= 0.6 is 0 Å². The van der Waals surface area contributed by atoms with Crippen LogP contribution in [0.4, 0.5) is 0 Å². The molecule has 0 spiro atoms. The lowest BCUT2D eigenvalue weighted by Crippen LogP contribution is -2.49. The maximum atomic E-state index is 12.4. The van der Waals surface area contributed by atoms with Crippen molar-refractivity contribution in [1.29, 1.82) is 0 Å². The van der Waals surface area contributed by atoms with Crippen molar-refractivity contribution in [3.05, 3.63) is 18.0 Å². The zero-order valence-corrected chi connectivity index (χ0v) is 11.7. The van der Waals surface area contributed by atoms with Gasteiger partial charge in [0, 0.05) is 50.7 Å². The van der Waals surface area contributed by atoms with Crippen molar-refractivity contribution in [2.24, 2.45) is 11.7 Å². The number of aromatic nitrogens is 1. The van der Waals surface area contributed by atoms with Crippen LogP contribution in [0.3, 0.4) is 0 Å². The first-order chi connectivity index (χ1) is 9.72. The van der Waals surface area contributed by atoms with Crippen LogP contribution in [-0.4, -0.2) is 53.1 Å². The van der Waals surface area contributed by atoms with Crippen molar-refractivity contribution in [3.8, 4) is 0 Å². The summed E-state index contributed by atoms with van der Waals surface area (Å²) in [5.74, 6) is 0.464. The van der Waals surface area contributed by atoms with E-state index in [1.54, 1.807) is 6.26 Å². The van der Waals surface area contributed by atoms with Crippen molar-refractivity contribution in [1.82, 2.24) is 15.0 Å². The Bertz CT molecular complexity index is 440. The first-order valence-electron chi connectivity index (χ1n) is 7.38. The molecule has 0 bridgehead atoms. The van der Waals surface area contributed by atoms with Crippen LogP contribution in [0.25, 0.3) is 0 Å². The highest BCUT2D eigenvalue weighted by atomic mass is 16.5. The normalized spacial score (nSPS) is 27.9. The topological polar surface area (TPSA) is 75.6 Å². The molecule has 1 aromatic rings. The highest BCUT2D eigenvalue weighted by Gasteiger charge is 2.32. The van der Waals surface area contributed by atoms with E-state index in [0.717, 1.165) is 57.7 Å². The van der Waals surface area contributed by atoms with Gasteiger partial charge in [-0.2, -0.15) is 0 Å². The number of hydrogen-bond donors (Lipinski definition) is 1. The number of amides is 1. The summed E-state index contributed by atoms with van der Waals surface area (Å²) in [4.78, 5) is 16.7. The number of carbonyl (C=O) groups excluding carboxylic acids is 1. The number of carbonyl (C=O) groups is 1. The van der Waals surface area contributed by atoms with Gasteiger partial charge in [-0.3, -0.25) is 9.69 Å². The van der Waals surface area contributed by atoms with E-state index in [2.05, 4.69) is 10.1 Å². The van der Waals surface area contributed by atoms with Crippen molar-refractivity contribution < 1.29 is 9.32 Å². The Morgan fingerprint density at radius 2 is 2.15 bits per heavy atom. The molecule has 2 unspecified atom stereocenters. The lowest BCUT2D eigenvalue weighted by Gasteiger charge is -2.35. The summed E-state index contributed by atoms with van der Waals surface area (Å²) in [5, 5.41) is 3.92. The van der Waals surface area contributed by atoms with E-state index < -0.39 is 0 Å². The molecule has 2 aliphatic rings. The molecule has 1 aliphatic carbocycles. The highest BCUT2D eigenvalue weighted by molar-refractivity contribution is 5.79. The van der Waals surface area contributed by atoms with Crippen LogP contribution in [0.5, 0.6) is 0 Å². The minimum absolute atomic E-state index is 0.159. The Morgan fingerprint density at radius 3 is 2.75 bits per heavy atom. The standard InChI is InChI=1S/C14H22N4O2/c15-12-2-1-11(9-12)14(19)18-6-4-17(5-7-18)10-13-3-8-20-16-13/h3,8,11-12H,1-2,4-7,9-10,15H2. The van der Waals surface area contributed by atoms with Gasteiger partial charge in [-0.05, 0) is 19.3 Å². The summed E-state index contributed by atoms with van der Waals surface area (Å²) >= 11 is 0. The van der Waals surface area contributed by atoms with Crippen LogP contribution in [0, 0.1) is 5.92 Å². The molecule has 3 rings (SSSR count). The average Bonchev–Trinajstić information content (AvgIpc) is 3.10. The van der Waals surface area contributed by atoms with Crippen molar-refractivity contribution in [2.45, 2.75) is 31.8 Å². The molecular weight excluding hydrogens is 256 g/mol. The van der Waals surface area contributed by atoms with Gasteiger partial charge in [-0.1, -0.05) is 5.16 Å². The maximum Gasteiger partial charge on any atom is 0.225 e. The van der Waals surface area contributed by atoms with E-state index in [1.165, 1.54) is 0 Å². The van der Waals surface area contributed by atoms with E-state index in [0.29, 0.717) is 5.91 Å². The zero-order valence-electron chi connectivity index (χ0n) is 11.7. The number of nitrogens with zero attached hydrogens (tertiary/aromatic N) is 3. The van der Waals surface area contributed by atoms with Crippen LogP contribution in [0.2, 0.25) is 0 Å². The molecule has 2 N–H and O–H groups in total. The Morgan fingerprint density at radius 1 is 1.35 bits per heavy atom. The van der Waals surface area contributed by atoms with Gasteiger partial charge in [0.25, 0.3) is 0 Å². The monoisotopic (exact) mass is 278 g/mol. The summed E-state index contributed by atoms with van der Waals surface area (Å²) in [5.41, 5.74) is 6.85. The fourth-order valence-electron chi connectivity index (χ4n) is 3.17. The Kier molecular flexibility index (Phi) is 4.03. The summed E-state index contributed by atoms with van der Waals surface area (Å²) in [6.07, 6.45) is 4.40. The van der Waals surface area contributed by atoms with Gasteiger partial charge in [0.05, 0.1) is 5.69 Å². The molecule has 1 aliphatic heterocycles. The van der Waals surface area contributed by atoms with E-state index in [1.807, 2.05) is 11.0 Å². The third kappa shape index (κ3) is 3.02. The second-order valence-corrected chi connectivity index (χ2v) is 5.86. The lowest BCUT2D eigenvalue weighted by molar-refractivity contribution is -0.137. The zero-order chi connectivity index (χ0) is 13.9. The maximum absolute atomic E-state index is 12.4. The molecule has 110 valence electrons. The largest absolute Gasteiger partial charge is 0.364 e. The van der Waals surface area contributed by atoms with E-state index in [4.69, 9.17) is 10.3 Å². The molecule has 2 atom stereocenters. The van der Waals surface area contributed by atoms with Gasteiger partial charge in [-0.15, -0.1) is 0 Å². The minimum Gasteiger partial charge on any atom is -0.364 e. The van der Waals surface area contributed by atoms with Crippen molar-refractivity contribution in [3.63, 3.8) is 0 Å². The highest BCUT2D eigenvalue weighted by Crippen LogP contribution is 2.26. The first-order valence-corrected chi connectivity index (χ1v) is 7.38. The summed E-state index contributed by atoms with van der Waals surface area (Å²) < 4.78 is 4.84. The van der Waals surface area contributed by atoms with Crippen LogP contribution in [0.15, 0.2) is 16.9 Å². The van der Waals surface area contributed by atoms with Gasteiger partial charge in [0.15, 0.2) is 0 Å². The number of hydrogen-bond acceptors (Lipinski definition) is 5. The van der Waals surface area contributed by atoms with Crippen LogP contribution in [0.1, 0.15) is 25.0 Å². The molecule has 1 aromatic heterocycles. The number of nitrogens with two attached hydrogens (primary N) is 1. The number of rotatable bonds is 3. The number of piperazine rings is 1. The van der Waals surface area contributed by atoms with Gasteiger partial charge in [0.1, 0.15) is 6.26 Å². The van der Waals surface area contributed by atoms with Gasteiger partial charge in [-0.25, -0.2) is 0 Å². The van der Waals surface area contributed by atoms with Crippen molar-refractivity contribution >= 4 is 5.91 Å². The lowest BCUT2D eigenvalue weighted by atomic mass is 10.1. The van der Waals surface area contributed by atoms with Gasteiger partial charge >= 0.3 is 0 Å². The second kappa shape index (κ2) is 5.93. The predicted octanol–water partition coefficient (Wildman–Crippen LogP) is 0.446. The van der Waals surface area contributed by atoms with E-state index in [-0.39, 0.29) is 12.0 Å². The molecule has 0 radical (unpaired) electrons. The second-order valence-electron chi connectivity index (χ2n) is 5.86. The van der Waals surface area contributed by atoms with Crippen LogP contribution in [-0.2, 0) is 11.3 Å². The molecule has 6 nitrogen and oxygen atoms in total. The molecular formula is C14H22N4O2. The summed E-state index contributed by atoms with van der Waals surface area (Å²) in [7, 11) is 0. The molecule has 20 heavy (non-hydrogen) atoms. The van der Waals surface area contributed by atoms with Crippen LogP contribution < -0.4 is 5.73 Å².